The zero-order valence-corrected chi connectivity index (χ0v) is 18.9. The minimum atomic E-state index is 0.395. The molecule has 2 aromatic carbocycles. The maximum absolute atomic E-state index is 4.86. The van der Waals surface area contributed by atoms with Gasteiger partial charge in [0.2, 0.25) is 0 Å². The van der Waals surface area contributed by atoms with Crippen LogP contribution in [0.3, 0.4) is 0 Å². The molecule has 0 saturated carbocycles. The predicted octanol–water partition coefficient (Wildman–Crippen LogP) is 4.87. The van der Waals surface area contributed by atoms with Gasteiger partial charge in [-0.05, 0) is 40.0 Å². The maximum Gasteiger partial charge on any atom is 0.180 e. The van der Waals surface area contributed by atoms with Gasteiger partial charge in [0.05, 0.1) is 11.9 Å². The summed E-state index contributed by atoms with van der Waals surface area (Å²) in [6.45, 7) is 6.13. The Labute approximate surface area is 187 Å². The summed E-state index contributed by atoms with van der Waals surface area (Å²) in [6.07, 6.45) is 4.68. The van der Waals surface area contributed by atoms with Crippen molar-refractivity contribution in [2.75, 3.05) is 6.54 Å². The van der Waals surface area contributed by atoms with Crippen molar-refractivity contribution in [2.24, 2.45) is 4.99 Å². The molecule has 1 aliphatic rings. The minimum absolute atomic E-state index is 0.395. The molecule has 0 amide bonds. The Morgan fingerprint density at radius 3 is 2.55 bits per heavy atom. The maximum atomic E-state index is 4.86. The number of amidine groups is 1. The van der Waals surface area contributed by atoms with Crippen LogP contribution >= 0.6 is 11.8 Å². The van der Waals surface area contributed by atoms with E-state index < -0.39 is 0 Å². The molecular formula is C23H29N7S. The summed E-state index contributed by atoms with van der Waals surface area (Å²) in [5.74, 6) is 0.674. The summed E-state index contributed by atoms with van der Waals surface area (Å²) in [6, 6.07) is 16.9. The van der Waals surface area contributed by atoms with Gasteiger partial charge < -0.3 is 0 Å². The molecule has 8 heteroatoms. The molecule has 0 aliphatic carbocycles. The fourth-order valence-electron chi connectivity index (χ4n) is 3.58. The predicted molar refractivity (Wildman–Crippen MR) is 127 cm³/mol. The number of aliphatic imine (C=N–C) groups is 1. The van der Waals surface area contributed by atoms with Crippen LogP contribution in [0.5, 0.6) is 0 Å². The molecule has 1 unspecified atom stereocenters. The molecule has 4 rings (SSSR count). The van der Waals surface area contributed by atoms with Crippen LogP contribution in [0.25, 0.3) is 22.5 Å². The molecule has 1 fully saturated rings. The van der Waals surface area contributed by atoms with E-state index in [9.17, 15) is 0 Å². The van der Waals surface area contributed by atoms with Crippen molar-refractivity contribution >= 4 is 16.9 Å². The summed E-state index contributed by atoms with van der Waals surface area (Å²) in [5, 5.41) is 18.1. The summed E-state index contributed by atoms with van der Waals surface area (Å²) in [7, 11) is 0. The monoisotopic (exact) mass is 435 g/mol. The van der Waals surface area contributed by atoms with Crippen molar-refractivity contribution in [3.63, 3.8) is 0 Å². The molecule has 3 aromatic rings. The first-order chi connectivity index (χ1) is 15.3. The molecule has 2 heterocycles. The quantitative estimate of drug-likeness (QED) is 0.467. The highest BCUT2D eigenvalue weighted by Crippen LogP contribution is 2.30. The van der Waals surface area contributed by atoms with Crippen molar-refractivity contribution in [3.8, 4) is 22.5 Å². The Bertz CT molecular complexity index is 985. The normalized spacial score (nSPS) is 17.5. The second kappa shape index (κ2) is 10.5. The molecule has 1 atom stereocenters. The lowest BCUT2D eigenvalue weighted by molar-refractivity contribution is 0.305. The highest BCUT2D eigenvalue weighted by Gasteiger charge is 2.26. The van der Waals surface area contributed by atoms with Gasteiger partial charge in [0.25, 0.3) is 0 Å². The number of hydrogen-bond acceptors (Lipinski definition) is 6. The smallest absolute Gasteiger partial charge is 0.180 e. The Morgan fingerprint density at radius 2 is 1.84 bits per heavy atom. The van der Waals surface area contributed by atoms with Crippen LogP contribution in [0.1, 0.15) is 45.1 Å². The van der Waals surface area contributed by atoms with Gasteiger partial charge in [-0.3, -0.25) is 10.0 Å². The van der Waals surface area contributed by atoms with E-state index in [-0.39, 0.29) is 0 Å². The number of tetrazole rings is 1. The largest absolute Gasteiger partial charge is 0.281 e. The molecule has 0 radical (unpaired) electrons. The zero-order chi connectivity index (χ0) is 21.5. The van der Waals surface area contributed by atoms with Crippen molar-refractivity contribution in [3.05, 3.63) is 54.1 Å². The molecule has 1 aliphatic heterocycles. The molecule has 0 bridgehead atoms. The average Bonchev–Trinajstić information content (AvgIpc) is 3.48. The topological polar surface area (TPSA) is 82.1 Å². The number of aromatic nitrogens is 4. The second-order valence-corrected chi connectivity index (χ2v) is 8.76. The van der Waals surface area contributed by atoms with Crippen LogP contribution in [-0.2, 0) is 6.54 Å². The SMILES string of the molecule is CCCCCN=C1SC(CC)NN1Cc1ccc(-c2ccccc2-c2nnn[nH]2)cc1. The first-order valence-electron chi connectivity index (χ1n) is 11.0. The molecule has 162 valence electrons. The van der Waals surface area contributed by atoms with Crippen molar-refractivity contribution < 1.29 is 0 Å². The van der Waals surface area contributed by atoms with E-state index in [4.69, 9.17) is 4.99 Å². The minimum Gasteiger partial charge on any atom is -0.281 e. The van der Waals surface area contributed by atoms with E-state index in [0.29, 0.717) is 11.2 Å². The van der Waals surface area contributed by atoms with E-state index in [1.165, 1.54) is 18.4 Å². The number of hydrazine groups is 1. The van der Waals surface area contributed by atoms with Crippen molar-refractivity contribution in [2.45, 2.75) is 51.4 Å². The number of aromatic amines is 1. The number of hydrogen-bond donors (Lipinski definition) is 2. The molecule has 1 saturated heterocycles. The number of benzene rings is 2. The Morgan fingerprint density at radius 1 is 1.03 bits per heavy atom. The average molecular weight is 436 g/mol. The Kier molecular flexibility index (Phi) is 7.32. The van der Waals surface area contributed by atoms with Gasteiger partial charge in [-0.1, -0.05) is 87.0 Å². The van der Waals surface area contributed by atoms with Gasteiger partial charge in [-0.25, -0.2) is 10.5 Å². The molecule has 2 N–H and O–H groups in total. The van der Waals surface area contributed by atoms with Crippen LogP contribution in [0.15, 0.2) is 53.5 Å². The lowest BCUT2D eigenvalue weighted by atomic mass is 9.98. The molecule has 31 heavy (non-hydrogen) atoms. The number of nitrogens with one attached hydrogen (secondary N) is 2. The summed E-state index contributed by atoms with van der Waals surface area (Å²) >= 11 is 1.84. The van der Waals surface area contributed by atoms with Crippen LogP contribution in [0.2, 0.25) is 0 Å². The highest BCUT2D eigenvalue weighted by molar-refractivity contribution is 8.14. The molecule has 7 nitrogen and oxygen atoms in total. The number of unbranched alkanes of at least 4 members (excludes halogenated alkanes) is 2. The molecule has 1 aromatic heterocycles. The second-order valence-electron chi connectivity index (χ2n) is 7.59. The number of rotatable bonds is 9. The number of H-pyrrole nitrogens is 1. The number of thioether (sulfide) groups is 1. The van der Waals surface area contributed by atoms with E-state index in [1.54, 1.807) is 0 Å². The van der Waals surface area contributed by atoms with Gasteiger partial charge in [-0.15, -0.1) is 5.10 Å². The van der Waals surface area contributed by atoms with Gasteiger partial charge in [0.15, 0.2) is 11.0 Å². The summed E-state index contributed by atoms with van der Waals surface area (Å²) in [4.78, 5) is 4.86. The lowest BCUT2D eigenvalue weighted by Gasteiger charge is -2.19. The van der Waals surface area contributed by atoms with Crippen LogP contribution in [0.4, 0.5) is 0 Å². The first kappa shape index (κ1) is 21.5. The van der Waals surface area contributed by atoms with E-state index in [0.717, 1.165) is 47.8 Å². The van der Waals surface area contributed by atoms with Crippen LogP contribution < -0.4 is 5.43 Å². The number of nitrogens with zero attached hydrogens (tertiary/aromatic N) is 5. The Balaban J connectivity index is 1.49. The van der Waals surface area contributed by atoms with Crippen molar-refractivity contribution in [1.29, 1.82) is 0 Å². The van der Waals surface area contributed by atoms with Gasteiger partial charge in [-0.2, -0.15) is 0 Å². The van der Waals surface area contributed by atoms with Gasteiger partial charge in [0, 0.05) is 12.1 Å². The fourth-order valence-corrected chi connectivity index (χ4v) is 4.59. The lowest BCUT2D eigenvalue weighted by Crippen LogP contribution is -2.36. The third-order valence-electron chi connectivity index (χ3n) is 5.29. The van der Waals surface area contributed by atoms with Gasteiger partial charge in [0.1, 0.15) is 0 Å². The summed E-state index contributed by atoms with van der Waals surface area (Å²) < 4.78 is 0. The summed E-state index contributed by atoms with van der Waals surface area (Å²) in [5.41, 5.74) is 8.07. The van der Waals surface area contributed by atoms with E-state index in [2.05, 4.69) is 75.2 Å². The Hall–Kier alpha value is -2.71. The van der Waals surface area contributed by atoms with Gasteiger partial charge >= 0.3 is 0 Å². The van der Waals surface area contributed by atoms with Crippen LogP contribution in [0, 0.1) is 0 Å². The van der Waals surface area contributed by atoms with E-state index >= 15 is 0 Å². The van der Waals surface area contributed by atoms with Crippen LogP contribution in [-0.4, -0.2) is 42.7 Å². The third kappa shape index (κ3) is 5.32. The molecule has 0 spiro atoms. The first-order valence-corrected chi connectivity index (χ1v) is 11.8. The third-order valence-corrected chi connectivity index (χ3v) is 6.57. The highest BCUT2D eigenvalue weighted by atomic mass is 32.2. The zero-order valence-electron chi connectivity index (χ0n) is 18.1. The standard InChI is InChI=1S/C23H29N7S/c1-3-5-8-15-24-23-30(27-21(4-2)31-23)16-17-11-13-18(14-12-17)19-9-6-7-10-20(19)22-25-28-29-26-22/h6-7,9-14,21,27H,3-5,8,15-16H2,1-2H3,(H,25,26,28,29). The fraction of sp³-hybridized carbons (Fsp3) is 0.391. The van der Waals surface area contributed by atoms with Crippen molar-refractivity contribution in [1.82, 2.24) is 31.1 Å². The van der Waals surface area contributed by atoms with E-state index in [1.807, 2.05) is 30.0 Å². The molecular weight excluding hydrogens is 406 g/mol.